The maximum atomic E-state index is 13.2. The Kier molecular flexibility index (Phi) is 48.9. The highest BCUT2D eigenvalue weighted by Crippen LogP contribution is 2.19. The molecule has 0 radical (unpaired) electrons. The Bertz CT molecular complexity index is 882. The van der Waals surface area contributed by atoms with Crippen molar-refractivity contribution < 1.29 is 24.5 Å². The smallest absolute Gasteiger partial charge is 0.306 e. The van der Waals surface area contributed by atoms with Gasteiger partial charge >= 0.3 is 5.97 Å². The number of amides is 1. The van der Waals surface area contributed by atoms with Crippen molar-refractivity contribution in [3.63, 3.8) is 0 Å². The quantitative estimate of drug-likeness (QED) is 0.0418. The molecule has 0 aliphatic rings. The molecule has 0 heterocycles. The number of hydrogen-bond acceptors (Lipinski definition) is 5. The van der Waals surface area contributed by atoms with Crippen molar-refractivity contribution in [2.24, 2.45) is 0 Å². The maximum absolute atomic E-state index is 13.2. The van der Waals surface area contributed by atoms with Crippen LogP contribution in [-0.4, -0.2) is 46.9 Å². The fraction of sp³-hybridized carbons (Fsp3) is 0.964. The molecule has 0 aromatic carbocycles. The van der Waals surface area contributed by atoms with E-state index in [1.165, 1.54) is 231 Å². The van der Waals surface area contributed by atoms with Crippen LogP contribution in [-0.2, 0) is 14.3 Å². The average Bonchev–Trinajstić information content (AvgIpc) is 3.25. The van der Waals surface area contributed by atoms with Crippen LogP contribution in [0, 0.1) is 0 Å². The lowest BCUT2D eigenvalue weighted by atomic mass is 10.0. The Labute approximate surface area is 381 Å². The Morgan fingerprint density at radius 2 is 0.689 bits per heavy atom. The molecule has 0 fully saturated rings. The molecule has 0 aliphatic heterocycles. The van der Waals surface area contributed by atoms with E-state index >= 15 is 0 Å². The number of hydrogen-bond donors (Lipinski definition) is 3. The van der Waals surface area contributed by atoms with Gasteiger partial charge in [-0.05, 0) is 25.7 Å². The summed E-state index contributed by atoms with van der Waals surface area (Å²) < 4.78 is 5.96. The Balaban J connectivity index is 4.50. The summed E-state index contributed by atoms with van der Waals surface area (Å²) in [7, 11) is 0. The molecule has 3 unspecified atom stereocenters. The van der Waals surface area contributed by atoms with Crippen LogP contribution in [0.4, 0.5) is 0 Å². The molecule has 3 atom stereocenters. The fourth-order valence-electron chi connectivity index (χ4n) is 8.96. The summed E-state index contributed by atoms with van der Waals surface area (Å²) >= 11 is 0. The zero-order valence-electron chi connectivity index (χ0n) is 41.6. The molecule has 0 aromatic heterocycles. The monoisotopic (exact) mass is 864 g/mol. The third-order valence-electron chi connectivity index (χ3n) is 13.2. The SMILES string of the molecule is CCCCCCCCCCCCCCCCCCCC(CC(=O)NC(CO)C(O)CCCCCCCCCCCCCC)OC(=O)CCCCCCCCCCCCCCC. The summed E-state index contributed by atoms with van der Waals surface area (Å²) in [6.45, 7) is 6.52. The maximum Gasteiger partial charge on any atom is 0.306 e. The molecule has 61 heavy (non-hydrogen) atoms. The molecule has 0 rings (SSSR count). The van der Waals surface area contributed by atoms with E-state index in [-0.39, 0.29) is 24.9 Å². The molecule has 0 saturated heterocycles. The van der Waals surface area contributed by atoms with E-state index in [0.717, 1.165) is 38.5 Å². The first-order valence-electron chi connectivity index (χ1n) is 27.8. The summed E-state index contributed by atoms with van der Waals surface area (Å²) in [5.74, 6) is -0.447. The van der Waals surface area contributed by atoms with E-state index < -0.39 is 18.2 Å². The number of aliphatic hydroxyl groups excluding tert-OH is 2. The van der Waals surface area contributed by atoms with Crippen molar-refractivity contribution >= 4 is 11.9 Å². The van der Waals surface area contributed by atoms with E-state index in [1.54, 1.807) is 0 Å². The number of carbonyl (C=O) groups excluding carboxylic acids is 2. The van der Waals surface area contributed by atoms with Gasteiger partial charge in [-0.25, -0.2) is 0 Å². The predicted octanol–water partition coefficient (Wildman–Crippen LogP) is 16.7. The number of unbranched alkanes of at least 4 members (excludes halogenated alkanes) is 39. The van der Waals surface area contributed by atoms with Gasteiger partial charge in [0.2, 0.25) is 5.91 Å². The van der Waals surface area contributed by atoms with E-state index in [0.29, 0.717) is 19.3 Å². The zero-order chi connectivity index (χ0) is 44.5. The summed E-state index contributed by atoms with van der Waals surface area (Å²) in [6.07, 6.45) is 54.5. The zero-order valence-corrected chi connectivity index (χ0v) is 41.6. The molecular formula is C55H109NO5. The normalized spacial score (nSPS) is 13.1. The van der Waals surface area contributed by atoms with Gasteiger partial charge in [0.15, 0.2) is 0 Å². The largest absolute Gasteiger partial charge is 0.462 e. The van der Waals surface area contributed by atoms with Crippen molar-refractivity contribution in [1.29, 1.82) is 0 Å². The molecule has 0 saturated carbocycles. The summed E-state index contributed by atoms with van der Waals surface area (Å²) in [5, 5.41) is 23.8. The predicted molar refractivity (Wildman–Crippen MR) is 264 cm³/mol. The molecule has 6 nitrogen and oxygen atoms in total. The highest BCUT2D eigenvalue weighted by molar-refractivity contribution is 5.77. The van der Waals surface area contributed by atoms with E-state index in [9.17, 15) is 19.8 Å². The van der Waals surface area contributed by atoms with Gasteiger partial charge < -0.3 is 20.3 Å². The topological polar surface area (TPSA) is 95.9 Å². The number of carbonyl (C=O) groups is 2. The van der Waals surface area contributed by atoms with Crippen LogP contribution in [0.5, 0.6) is 0 Å². The van der Waals surface area contributed by atoms with Gasteiger partial charge in [0, 0.05) is 6.42 Å². The highest BCUT2D eigenvalue weighted by Gasteiger charge is 2.24. The number of rotatable bonds is 51. The molecule has 3 N–H and O–H groups in total. The molecule has 1 amide bonds. The molecule has 0 bridgehead atoms. The Morgan fingerprint density at radius 1 is 0.410 bits per heavy atom. The number of nitrogens with one attached hydrogen (secondary N) is 1. The van der Waals surface area contributed by atoms with Crippen molar-refractivity contribution in [2.75, 3.05) is 6.61 Å². The molecule has 0 aliphatic carbocycles. The molecule has 0 aromatic rings. The minimum absolute atomic E-state index is 0.0883. The van der Waals surface area contributed by atoms with Gasteiger partial charge in [-0.3, -0.25) is 9.59 Å². The van der Waals surface area contributed by atoms with Crippen LogP contribution >= 0.6 is 0 Å². The third-order valence-corrected chi connectivity index (χ3v) is 13.2. The molecule has 0 spiro atoms. The summed E-state index contributed by atoms with van der Waals surface area (Å²) in [6, 6.07) is -0.692. The van der Waals surface area contributed by atoms with Crippen LogP contribution in [0.3, 0.4) is 0 Å². The third kappa shape index (κ3) is 45.2. The first kappa shape index (κ1) is 59.9. The lowest BCUT2D eigenvalue weighted by Gasteiger charge is -2.24. The van der Waals surface area contributed by atoms with Crippen LogP contribution in [0.15, 0.2) is 0 Å². The van der Waals surface area contributed by atoms with Gasteiger partial charge in [-0.1, -0.05) is 278 Å². The minimum atomic E-state index is -0.779. The molecule has 364 valence electrons. The highest BCUT2D eigenvalue weighted by atomic mass is 16.5. The van der Waals surface area contributed by atoms with Crippen molar-refractivity contribution in [1.82, 2.24) is 5.32 Å². The second kappa shape index (κ2) is 49.9. The van der Waals surface area contributed by atoms with Crippen molar-refractivity contribution in [2.45, 2.75) is 334 Å². The summed E-state index contributed by atoms with van der Waals surface area (Å²) in [4.78, 5) is 26.2. The Morgan fingerprint density at radius 3 is 1.00 bits per heavy atom. The Hall–Kier alpha value is -1.14. The molecular weight excluding hydrogens is 755 g/mol. The number of ether oxygens (including phenoxy) is 1. The van der Waals surface area contributed by atoms with Crippen molar-refractivity contribution in [3.8, 4) is 0 Å². The number of esters is 1. The standard InChI is InChI=1S/C55H109NO5/c1-4-7-10-13-16-19-22-25-26-27-28-30-31-34-37-40-43-46-51(61-55(60)48-45-42-39-36-33-29-23-20-17-14-11-8-5-2)49-54(59)56-52(50-57)53(58)47-44-41-38-35-32-24-21-18-15-12-9-6-3/h51-53,57-58H,4-50H2,1-3H3,(H,56,59). The first-order chi connectivity index (χ1) is 30.0. The van der Waals surface area contributed by atoms with Crippen molar-refractivity contribution in [3.05, 3.63) is 0 Å². The van der Waals surface area contributed by atoms with Gasteiger partial charge in [0.25, 0.3) is 0 Å². The molecule has 6 heteroatoms. The second-order valence-electron chi connectivity index (χ2n) is 19.4. The lowest BCUT2D eigenvalue weighted by molar-refractivity contribution is -0.151. The van der Waals surface area contributed by atoms with E-state index in [2.05, 4.69) is 26.1 Å². The summed E-state index contributed by atoms with van der Waals surface area (Å²) in [5.41, 5.74) is 0. The van der Waals surface area contributed by atoms with E-state index in [4.69, 9.17) is 4.74 Å². The van der Waals surface area contributed by atoms with Crippen LogP contribution in [0.1, 0.15) is 316 Å². The van der Waals surface area contributed by atoms with E-state index in [1.807, 2.05) is 0 Å². The fourth-order valence-corrected chi connectivity index (χ4v) is 8.96. The number of aliphatic hydroxyl groups is 2. The van der Waals surface area contributed by atoms with Gasteiger partial charge in [0.1, 0.15) is 6.10 Å². The first-order valence-corrected chi connectivity index (χ1v) is 27.8. The average molecular weight is 864 g/mol. The van der Waals surface area contributed by atoms with Gasteiger partial charge in [-0.2, -0.15) is 0 Å². The van der Waals surface area contributed by atoms with Gasteiger partial charge in [-0.15, -0.1) is 0 Å². The lowest BCUT2D eigenvalue weighted by Crippen LogP contribution is -2.46. The van der Waals surface area contributed by atoms with Crippen LogP contribution in [0.25, 0.3) is 0 Å². The van der Waals surface area contributed by atoms with Crippen LogP contribution < -0.4 is 5.32 Å². The second-order valence-corrected chi connectivity index (χ2v) is 19.4. The minimum Gasteiger partial charge on any atom is -0.462 e. The van der Waals surface area contributed by atoms with Crippen LogP contribution in [0.2, 0.25) is 0 Å². The van der Waals surface area contributed by atoms with Gasteiger partial charge in [0.05, 0.1) is 25.2 Å².